The molecule has 72 valence electrons. The summed E-state index contributed by atoms with van der Waals surface area (Å²) >= 11 is 3.47. The van der Waals surface area contributed by atoms with E-state index in [4.69, 9.17) is 11.5 Å². The van der Waals surface area contributed by atoms with Gasteiger partial charge in [0.1, 0.15) is 0 Å². The molecule has 0 heterocycles. The fourth-order valence-corrected chi connectivity index (χ4v) is 1.88. The number of nitrogens with two attached hydrogens (primary N) is 2. The zero-order valence-electron chi connectivity index (χ0n) is 7.70. The molecule has 4 N–H and O–H groups in total. The summed E-state index contributed by atoms with van der Waals surface area (Å²) in [6, 6.07) is 8.15. The Morgan fingerprint density at radius 1 is 1.31 bits per heavy atom. The summed E-state index contributed by atoms with van der Waals surface area (Å²) in [5.41, 5.74) is 12.8. The van der Waals surface area contributed by atoms with Crippen LogP contribution in [0.1, 0.15) is 24.9 Å². The van der Waals surface area contributed by atoms with E-state index in [1.54, 1.807) is 0 Å². The van der Waals surface area contributed by atoms with Crippen molar-refractivity contribution in [2.75, 3.05) is 0 Å². The molecule has 2 unspecified atom stereocenters. The molecule has 0 aromatic heterocycles. The Balaban J connectivity index is 2.76. The molecule has 13 heavy (non-hydrogen) atoms. The second-order valence-electron chi connectivity index (χ2n) is 3.34. The van der Waals surface area contributed by atoms with Crippen LogP contribution in [-0.2, 0) is 0 Å². The van der Waals surface area contributed by atoms with Crippen LogP contribution in [0.25, 0.3) is 0 Å². The number of hydrogen-bond acceptors (Lipinski definition) is 2. The summed E-state index contributed by atoms with van der Waals surface area (Å²) in [6.45, 7) is 1.97. The van der Waals surface area contributed by atoms with Gasteiger partial charge in [-0.1, -0.05) is 34.1 Å². The molecule has 0 saturated heterocycles. The van der Waals surface area contributed by atoms with Gasteiger partial charge >= 0.3 is 0 Å². The maximum absolute atomic E-state index is 5.99. The van der Waals surface area contributed by atoms with Crippen molar-refractivity contribution >= 4 is 15.9 Å². The molecular formula is C10H15BrN2. The monoisotopic (exact) mass is 242 g/mol. The van der Waals surface area contributed by atoms with Crippen molar-refractivity contribution in [1.82, 2.24) is 0 Å². The van der Waals surface area contributed by atoms with Gasteiger partial charge in [-0.2, -0.15) is 0 Å². The second kappa shape index (κ2) is 4.74. The van der Waals surface area contributed by atoms with Crippen molar-refractivity contribution in [3.05, 3.63) is 34.3 Å². The first kappa shape index (κ1) is 10.7. The van der Waals surface area contributed by atoms with Gasteiger partial charge in [0.05, 0.1) is 0 Å². The van der Waals surface area contributed by atoms with Gasteiger partial charge in [-0.15, -0.1) is 0 Å². The van der Waals surface area contributed by atoms with Gasteiger partial charge < -0.3 is 11.5 Å². The lowest BCUT2D eigenvalue weighted by Gasteiger charge is -2.15. The average molecular weight is 243 g/mol. The quantitative estimate of drug-likeness (QED) is 0.854. The van der Waals surface area contributed by atoms with Crippen LogP contribution in [0.15, 0.2) is 28.7 Å². The Hall–Kier alpha value is -0.380. The van der Waals surface area contributed by atoms with Crippen molar-refractivity contribution in [3.8, 4) is 0 Å². The summed E-state index contributed by atoms with van der Waals surface area (Å²) in [7, 11) is 0. The summed E-state index contributed by atoms with van der Waals surface area (Å²) in [6.07, 6.45) is 0.808. The first-order valence-electron chi connectivity index (χ1n) is 4.37. The van der Waals surface area contributed by atoms with Crippen LogP contribution in [0.3, 0.4) is 0 Å². The molecule has 0 spiro atoms. The predicted molar refractivity (Wildman–Crippen MR) is 59.3 cm³/mol. The predicted octanol–water partition coefficient (Wildman–Crippen LogP) is 2.19. The Morgan fingerprint density at radius 2 is 1.92 bits per heavy atom. The summed E-state index contributed by atoms with van der Waals surface area (Å²) in [5, 5.41) is 0. The van der Waals surface area contributed by atoms with E-state index in [0.717, 1.165) is 16.5 Å². The fourth-order valence-electron chi connectivity index (χ4n) is 1.30. The van der Waals surface area contributed by atoms with Crippen molar-refractivity contribution in [3.63, 3.8) is 0 Å². The van der Waals surface area contributed by atoms with E-state index in [9.17, 15) is 0 Å². The molecule has 2 atom stereocenters. The van der Waals surface area contributed by atoms with Crippen LogP contribution in [-0.4, -0.2) is 6.04 Å². The minimum atomic E-state index is 0.0237. The number of hydrogen-bond donors (Lipinski definition) is 2. The van der Waals surface area contributed by atoms with E-state index in [0.29, 0.717) is 0 Å². The highest BCUT2D eigenvalue weighted by molar-refractivity contribution is 9.10. The van der Waals surface area contributed by atoms with Crippen LogP contribution < -0.4 is 11.5 Å². The molecule has 0 saturated carbocycles. The minimum Gasteiger partial charge on any atom is -0.328 e. The molecule has 1 aromatic carbocycles. The molecule has 1 rings (SSSR count). The zero-order valence-corrected chi connectivity index (χ0v) is 9.29. The molecule has 0 aliphatic carbocycles. The molecule has 0 fully saturated rings. The normalized spacial score (nSPS) is 15.4. The summed E-state index contributed by atoms with van der Waals surface area (Å²) < 4.78 is 1.06. The van der Waals surface area contributed by atoms with Gasteiger partial charge in [0, 0.05) is 16.6 Å². The van der Waals surface area contributed by atoms with Gasteiger partial charge in [-0.05, 0) is 25.0 Å². The molecule has 0 bridgehead atoms. The maximum Gasteiger partial charge on any atom is 0.0320 e. The molecule has 0 amide bonds. The second-order valence-corrected chi connectivity index (χ2v) is 4.20. The van der Waals surface area contributed by atoms with E-state index < -0.39 is 0 Å². The van der Waals surface area contributed by atoms with E-state index in [1.807, 2.05) is 31.2 Å². The van der Waals surface area contributed by atoms with E-state index in [1.165, 1.54) is 0 Å². The van der Waals surface area contributed by atoms with Crippen molar-refractivity contribution < 1.29 is 0 Å². The lowest BCUT2D eigenvalue weighted by molar-refractivity contribution is 0.567. The average Bonchev–Trinajstić information content (AvgIpc) is 2.03. The molecule has 1 aromatic rings. The summed E-state index contributed by atoms with van der Waals surface area (Å²) in [4.78, 5) is 0. The van der Waals surface area contributed by atoms with Crippen molar-refractivity contribution in [1.29, 1.82) is 0 Å². The maximum atomic E-state index is 5.99. The number of rotatable bonds is 3. The highest BCUT2D eigenvalue weighted by Crippen LogP contribution is 2.23. The Kier molecular flexibility index (Phi) is 3.90. The third kappa shape index (κ3) is 3.10. The van der Waals surface area contributed by atoms with Gasteiger partial charge in [-0.3, -0.25) is 0 Å². The van der Waals surface area contributed by atoms with Gasteiger partial charge in [0.25, 0.3) is 0 Å². The van der Waals surface area contributed by atoms with Crippen LogP contribution >= 0.6 is 15.9 Å². The van der Waals surface area contributed by atoms with E-state index in [-0.39, 0.29) is 12.1 Å². The van der Waals surface area contributed by atoms with Gasteiger partial charge in [0.2, 0.25) is 0 Å². The van der Waals surface area contributed by atoms with E-state index in [2.05, 4.69) is 15.9 Å². The smallest absolute Gasteiger partial charge is 0.0320 e. The summed E-state index contributed by atoms with van der Waals surface area (Å²) in [5.74, 6) is 0. The molecular weight excluding hydrogens is 228 g/mol. The lowest BCUT2D eigenvalue weighted by atomic mass is 10.0. The third-order valence-corrected chi connectivity index (χ3v) is 2.65. The number of benzene rings is 1. The number of halogens is 1. The Morgan fingerprint density at radius 3 is 2.46 bits per heavy atom. The van der Waals surface area contributed by atoms with Gasteiger partial charge in [0.15, 0.2) is 0 Å². The first-order valence-corrected chi connectivity index (χ1v) is 5.16. The molecule has 0 radical (unpaired) electrons. The lowest BCUT2D eigenvalue weighted by Crippen LogP contribution is -2.23. The van der Waals surface area contributed by atoms with E-state index >= 15 is 0 Å². The largest absolute Gasteiger partial charge is 0.328 e. The molecule has 3 heteroatoms. The molecule has 0 aliphatic heterocycles. The Bertz CT molecular complexity index is 273. The van der Waals surface area contributed by atoms with Crippen molar-refractivity contribution in [2.45, 2.75) is 25.4 Å². The first-order chi connectivity index (χ1) is 6.11. The SMILES string of the molecule is CC(N)CC(N)c1ccccc1Br. The molecule has 2 nitrogen and oxygen atoms in total. The Labute approximate surface area is 87.4 Å². The zero-order chi connectivity index (χ0) is 9.84. The molecule has 0 aliphatic rings. The van der Waals surface area contributed by atoms with Crippen LogP contribution in [0.4, 0.5) is 0 Å². The highest BCUT2D eigenvalue weighted by atomic mass is 79.9. The van der Waals surface area contributed by atoms with Crippen LogP contribution in [0, 0.1) is 0 Å². The highest BCUT2D eigenvalue weighted by Gasteiger charge is 2.10. The van der Waals surface area contributed by atoms with Gasteiger partial charge in [-0.25, -0.2) is 0 Å². The standard InChI is InChI=1S/C10H15BrN2/c1-7(12)6-10(13)8-4-2-3-5-9(8)11/h2-5,7,10H,6,12-13H2,1H3. The van der Waals surface area contributed by atoms with Crippen LogP contribution in [0.5, 0.6) is 0 Å². The minimum absolute atomic E-state index is 0.0237. The van der Waals surface area contributed by atoms with Crippen molar-refractivity contribution in [2.24, 2.45) is 11.5 Å². The van der Waals surface area contributed by atoms with Crippen LogP contribution in [0.2, 0.25) is 0 Å². The topological polar surface area (TPSA) is 52.0 Å². The third-order valence-electron chi connectivity index (χ3n) is 1.93. The fraction of sp³-hybridized carbons (Fsp3) is 0.400.